The van der Waals surface area contributed by atoms with Crippen LogP contribution in [0.2, 0.25) is 0 Å². The molecule has 6 heterocycles. The first kappa shape index (κ1) is 67.5. The Morgan fingerprint density at radius 3 is 1.67 bits per heavy atom. The Labute approximate surface area is 500 Å². The summed E-state index contributed by atoms with van der Waals surface area (Å²) in [5, 5.41) is 147. The second-order valence-corrected chi connectivity index (χ2v) is 28.4. The van der Waals surface area contributed by atoms with Crippen molar-refractivity contribution >= 4 is 10.4 Å². The van der Waals surface area contributed by atoms with Gasteiger partial charge in [-0.3, -0.25) is 4.55 Å². The zero-order valence-corrected chi connectivity index (χ0v) is 50.8. The van der Waals surface area contributed by atoms with E-state index in [1.807, 2.05) is 6.92 Å². The second-order valence-electron chi connectivity index (χ2n) is 27.4. The largest absolute Gasteiger partial charge is 0.397 e. The highest BCUT2D eigenvalue weighted by Crippen LogP contribution is 2.68. The molecule has 0 aromatic carbocycles. The lowest BCUT2D eigenvalue weighted by atomic mass is 9.47. The summed E-state index contributed by atoms with van der Waals surface area (Å²) in [6.45, 7) is 15.1. The maximum absolute atomic E-state index is 12.5. The van der Waals surface area contributed by atoms with Gasteiger partial charge in [0.15, 0.2) is 31.5 Å². The fourth-order valence-corrected chi connectivity index (χ4v) is 17.0. The average Bonchev–Trinajstić information content (AvgIpc) is 1.37. The van der Waals surface area contributed by atoms with Crippen LogP contribution in [0.25, 0.3) is 0 Å². The molecule has 4 aliphatic carbocycles. The van der Waals surface area contributed by atoms with Crippen LogP contribution in [0.15, 0.2) is 11.6 Å². The topological polar surface area (TPSA) is 431 Å². The monoisotopic (exact) mass is 1260 g/mol. The zero-order valence-electron chi connectivity index (χ0n) is 50.0. The lowest BCUT2D eigenvalue weighted by Crippen LogP contribution is -2.68. The van der Waals surface area contributed by atoms with Crippen molar-refractivity contribution in [1.82, 2.24) is 0 Å². The first-order chi connectivity index (χ1) is 40.2. The Kier molecular flexibility index (Phi) is 20.0. The van der Waals surface area contributed by atoms with Crippen molar-refractivity contribution < 1.29 is 136 Å². The third-order valence-corrected chi connectivity index (χ3v) is 21.8. The van der Waals surface area contributed by atoms with E-state index in [4.69, 9.17) is 56.3 Å². The summed E-state index contributed by atoms with van der Waals surface area (Å²) < 4.78 is 107. The fraction of sp³-hybridized carbons (Fsp3) is 0.965. The number of hydrogen-bond acceptors (Lipinski definition) is 27. The summed E-state index contributed by atoms with van der Waals surface area (Å²) in [4.78, 5) is 0. The van der Waals surface area contributed by atoms with Gasteiger partial charge in [0.05, 0.1) is 54.9 Å². The minimum absolute atomic E-state index is 0.0349. The summed E-state index contributed by atoms with van der Waals surface area (Å²) in [5.41, 5.74) is -1.01. The number of fused-ring (bicyclic) bond motifs is 5. The van der Waals surface area contributed by atoms with Crippen LogP contribution < -0.4 is 0 Å². The molecule has 29 heteroatoms. The molecular weight excluding hydrogens is 1160 g/mol. The summed E-state index contributed by atoms with van der Waals surface area (Å²) >= 11 is 0. The molecule has 36 unspecified atom stereocenters. The van der Waals surface area contributed by atoms with E-state index in [2.05, 4.69) is 33.8 Å². The van der Waals surface area contributed by atoms with E-state index in [0.717, 1.165) is 19.3 Å². The molecule has 0 aromatic rings. The standard InChI is InChI=1S/C57H94O28S/c1-20(2)16-31-49(78-31)57(9,70)33-11-10-27-26-18-30(29-17-25(85-86(71,72)73)12-14-55(29,7)28(26)13-15-56(27,33)8)79-52-44(69)46(37(62)32(19-58)80-52)82-54-48(84-51-42(67)39(64)35(60)22(4)75-51)43(68)45(24(6)77-54)81-53-47(40(65)36(61)23(5)76-53)83-50-41(66)38(63)34(59)21(3)74-50/h13,20-27,29-54,58-70H,10-12,14-19H2,1-9H3,(H,71,72,73). The Morgan fingerprint density at radius 1 is 0.581 bits per heavy atom. The van der Waals surface area contributed by atoms with Crippen molar-refractivity contribution in [2.75, 3.05) is 6.61 Å². The van der Waals surface area contributed by atoms with Crippen LogP contribution in [0, 0.1) is 40.4 Å². The zero-order chi connectivity index (χ0) is 62.8. The molecule has 28 nitrogen and oxygen atoms in total. The van der Waals surface area contributed by atoms with E-state index in [9.17, 15) is 79.4 Å². The van der Waals surface area contributed by atoms with Gasteiger partial charge in [0.2, 0.25) is 0 Å². The lowest BCUT2D eigenvalue weighted by molar-refractivity contribution is -0.406. The predicted molar refractivity (Wildman–Crippen MR) is 289 cm³/mol. The molecule has 14 N–H and O–H groups in total. The molecule has 496 valence electrons. The van der Waals surface area contributed by atoms with Crippen molar-refractivity contribution in [3.8, 4) is 0 Å². The van der Waals surface area contributed by atoms with E-state index < -0.39 is 200 Å². The van der Waals surface area contributed by atoms with E-state index in [1.54, 1.807) is 0 Å². The Balaban J connectivity index is 0.929. The van der Waals surface area contributed by atoms with Crippen molar-refractivity contribution in [1.29, 1.82) is 0 Å². The number of aliphatic hydroxyl groups is 13. The van der Waals surface area contributed by atoms with Gasteiger partial charge in [-0.25, -0.2) is 4.18 Å². The van der Waals surface area contributed by atoms with Crippen LogP contribution in [0.5, 0.6) is 0 Å². The van der Waals surface area contributed by atoms with E-state index >= 15 is 0 Å². The molecule has 3 saturated carbocycles. The van der Waals surface area contributed by atoms with Crippen molar-refractivity contribution in [3.05, 3.63) is 11.6 Å². The molecule has 0 amide bonds. The number of aliphatic hydroxyl groups excluding tert-OH is 12. The number of allylic oxidation sites excluding steroid dienone is 2. The van der Waals surface area contributed by atoms with Crippen LogP contribution in [-0.2, 0) is 66.7 Å². The Hall–Kier alpha value is -1.35. The number of ether oxygens (including phenoxy) is 11. The van der Waals surface area contributed by atoms with Crippen molar-refractivity contribution in [2.24, 2.45) is 40.4 Å². The second kappa shape index (κ2) is 25.5. The molecular formula is C57H94O28S. The van der Waals surface area contributed by atoms with Gasteiger partial charge in [-0.15, -0.1) is 0 Å². The van der Waals surface area contributed by atoms with Gasteiger partial charge < -0.3 is 118 Å². The van der Waals surface area contributed by atoms with Crippen molar-refractivity contribution in [3.63, 3.8) is 0 Å². The molecule has 0 spiro atoms. The third kappa shape index (κ3) is 12.7. The van der Waals surface area contributed by atoms with Crippen LogP contribution in [0.4, 0.5) is 0 Å². The minimum Gasteiger partial charge on any atom is -0.394 e. The summed E-state index contributed by atoms with van der Waals surface area (Å²) in [6, 6.07) is 0. The SMILES string of the molecule is CC(C)CC1OC1C(C)(O)C1CCC2C3CC(OC4OC(CO)C(O)C(OC5OC(C)C(OC6OC(C)C(O)C(O)C6OC6OC(C)C(O)C(O)C6O)C(O)C5OC5OC(C)C(O)C(O)C5O)C4O)C4CC(OS(=O)(=O)O)CCC4(C)C3=CCC21C. The minimum atomic E-state index is -4.89. The molecule has 0 radical (unpaired) electrons. The normalized spacial score (nSPS) is 54.1. The number of hydrogen-bond donors (Lipinski definition) is 14. The maximum Gasteiger partial charge on any atom is 0.397 e. The molecule has 36 atom stereocenters. The Bertz CT molecular complexity index is 2460. The molecule has 10 rings (SSSR count). The van der Waals surface area contributed by atoms with E-state index in [0.29, 0.717) is 25.2 Å². The van der Waals surface area contributed by atoms with Gasteiger partial charge in [0, 0.05) is 0 Å². The quantitative estimate of drug-likeness (QED) is 0.0407. The predicted octanol–water partition coefficient (Wildman–Crippen LogP) is -2.48. The van der Waals surface area contributed by atoms with Gasteiger partial charge in [0.1, 0.15) is 104 Å². The van der Waals surface area contributed by atoms with Gasteiger partial charge >= 0.3 is 10.4 Å². The lowest BCUT2D eigenvalue weighted by Gasteiger charge is -2.60. The molecule has 6 aliphatic heterocycles. The fourth-order valence-electron chi connectivity index (χ4n) is 16.4. The highest BCUT2D eigenvalue weighted by atomic mass is 32.3. The van der Waals surface area contributed by atoms with Crippen LogP contribution >= 0.6 is 0 Å². The number of epoxide rings is 1. The van der Waals surface area contributed by atoms with Crippen molar-refractivity contribution in [2.45, 2.75) is 297 Å². The maximum atomic E-state index is 12.5. The average molecular weight is 1260 g/mol. The summed E-state index contributed by atoms with van der Waals surface area (Å²) in [6.07, 6.45) is -38.0. The molecule has 6 saturated heterocycles. The highest BCUT2D eigenvalue weighted by molar-refractivity contribution is 7.80. The van der Waals surface area contributed by atoms with Gasteiger partial charge in [-0.05, 0) is 126 Å². The van der Waals surface area contributed by atoms with Crippen LogP contribution in [0.1, 0.15) is 114 Å². The van der Waals surface area contributed by atoms with Gasteiger partial charge in [0.25, 0.3) is 0 Å². The summed E-state index contributed by atoms with van der Waals surface area (Å²) in [5.74, 6) is -0.383. The molecule has 10 aliphatic rings. The molecule has 0 bridgehead atoms. The van der Waals surface area contributed by atoms with Crippen LogP contribution in [-0.4, -0.2) is 270 Å². The molecule has 9 fully saturated rings. The smallest absolute Gasteiger partial charge is 0.394 e. The molecule has 0 aromatic heterocycles. The van der Waals surface area contributed by atoms with Gasteiger partial charge in [-0.1, -0.05) is 39.3 Å². The third-order valence-electron chi connectivity index (χ3n) is 21.2. The summed E-state index contributed by atoms with van der Waals surface area (Å²) in [7, 11) is -4.89. The van der Waals surface area contributed by atoms with Crippen LogP contribution in [0.3, 0.4) is 0 Å². The molecule has 86 heavy (non-hydrogen) atoms. The first-order valence-corrected chi connectivity index (χ1v) is 31.9. The Morgan fingerprint density at radius 2 is 1.10 bits per heavy atom. The first-order valence-electron chi connectivity index (χ1n) is 30.6. The van der Waals surface area contributed by atoms with Gasteiger partial charge in [-0.2, -0.15) is 8.42 Å². The van der Waals surface area contributed by atoms with E-state index in [1.165, 1.54) is 33.3 Å². The highest BCUT2D eigenvalue weighted by Gasteiger charge is 2.67. The van der Waals surface area contributed by atoms with E-state index in [-0.39, 0.29) is 48.2 Å². The number of rotatable bonds is 17.